The van der Waals surface area contributed by atoms with Crippen molar-refractivity contribution in [2.75, 3.05) is 20.3 Å². The molecule has 5 nitrogen and oxygen atoms in total. The van der Waals surface area contributed by atoms with Crippen molar-refractivity contribution in [1.82, 2.24) is 20.1 Å². The highest BCUT2D eigenvalue weighted by Crippen LogP contribution is 2.28. The first-order chi connectivity index (χ1) is 7.90. The first kappa shape index (κ1) is 11.5. The summed E-state index contributed by atoms with van der Waals surface area (Å²) in [5.41, 5.74) is 0. The van der Waals surface area contributed by atoms with Gasteiger partial charge in [-0.25, -0.2) is 9.67 Å². The average molecular weight is 224 g/mol. The second-order valence-electron chi connectivity index (χ2n) is 4.25. The predicted octanol–water partition coefficient (Wildman–Crippen LogP) is 1.13. The second-order valence-corrected chi connectivity index (χ2v) is 4.25. The fourth-order valence-electron chi connectivity index (χ4n) is 2.11. The zero-order valence-corrected chi connectivity index (χ0v) is 9.85. The standard InChI is InChI=1S/C11H20N4O/c1-16-7-6-12-8-11-13-9-15(14-11)10-4-2-3-5-10/h9-10,12H,2-8H2,1H3. The van der Waals surface area contributed by atoms with Gasteiger partial charge < -0.3 is 10.1 Å². The van der Waals surface area contributed by atoms with Crippen LogP contribution >= 0.6 is 0 Å². The van der Waals surface area contributed by atoms with E-state index in [2.05, 4.69) is 15.4 Å². The summed E-state index contributed by atoms with van der Waals surface area (Å²) in [4.78, 5) is 4.31. The van der Waals surface area contributed by atoms with E-state index in [0.29, 0.717) is 6.04 Å². The highest BCUT2D eigenvalue weighted by molar-refractivity contribution is 4.84. The number of hydrogen-bond donors (Lipinski definition) is 1. The molecule has 1 N–H and O–H groups in total. The summed E-state index contributed by atoms with van der Waals surface area (Å²) in [6.45, 7) is 2.29. The Bertz CT molecular complexity index is 307. The molecule has 0 amide bonds. The van der Waals surface area contributed by atoms with Crippen molar-refractivity contribution in [2.45, 2.75) is 38.3 Å². The van der Waals surface area contributed by atoms with Crippen molar-refractivity contribution in [3.05, 3.63) is 12.2 Å². The van der Waals surface area contributed by atoms with Gasteiger partial charge in [0.05, 0.1) is 19.2 Å². The highest BCUT2D eigenvalue weighted by Gasteiger charge is 2.17. The number of ether oxygens (including phenoxy) is 1. The van der Waals surface area contributed by atoms with Crippen LogP contribution in [0.1, 0.15) is 37.5 Å². The largest absolute Gasteiger partial charge is 0.383 e. The molecule has 1 heterocycles. The summed E-state index contributed by atoms with van der Waals surface area (Å²) >= 11 is 0. The van der Waals surface area contributed by atoms with Crippen molar-refractivity contribution in [3.8, 4) is 0 Å². The first-order valence-corrected chi connectivity index (χ1v) is 6.00. The topological polar surface area (TPSA) is 52.0 Å². The molecule has 0 radical (unpaired) electrons. The quantitative estimate of drug-likeness (QED) is 0.736. The smallest absolute Gasteiger partial charge is 0.164 e. The summed E-state index contributed by atoms with van der Waals surface area (Å²) < 4.78 is 6.99. The Kier molecular flexibility index (Phi) is 4.30. The zero-order chi connectivity index (χ0) is 11.2. The Balaban J connectivity index is 1.77. The van der Waals surface area contributed by atoms with Crippen LogP contribution in [0.4, 0.5) is 0 Å². The van der Waals surface area contributed by atoms with Gasteiger partial charge in [0.15, 0.2) is 5.82 Å². The fourth-order valence-corrected chi connectivity index (χ4v) is 2.11. The first-order valence-electron chi connectivity index (χ1n) is 6.00. The normalized spacial score (nSPS) is 17.1. The monoisotopic (exact) mass is 224 g/mol. The molecule has 1 aliphatic rings. The molecule has 0 aliphatic heterocycles. The van der Waals surface area contributed by atoms with Gasteiger partial charge in [0.2, 0.25) is 0 Å². The number of nitrogens with one attached hydrogen (secondary N) is 1. The van der Waals surface area contributed by atoms with Gasteiger partial charge in [0.1, 0.15) is 6.33 Å². The summed E-state index contributed by atoms with van der Waals surface area (Å²) in [5, 5.41) is 7.74. The number of rotatable bonds is 6. The lowest BCUT2D eigenvalue weighted by molar-refractivity contribution is 0.199. The number of nitrogens with zero attached hydrogens (tertiary/aromatic N) is 3. The number of methoxy groups -OCH3 is 1. The van der Waals surface area contributed by atoms with Gasteiger partial charge in [0, 0.05) is 13.7 Å². The van der Waals surface area contributed by atoms with Crippen molar-refractivity contribution in [3.63, 3.8) is 0 Å². The van der Waals surface area contributed by atoms with E-state index in [9.17, 15) is 0 Å². The van der Waals surface area contributed by atoms with Crippen molar-refractivity contribution >= 4 is 0 Å². The van der Waals surface area contributed by atoms with Gasteiger partial charge in [-0.15, -0.1) is 0 Å². The molecule has 0 saturated heterocycles. The maximum absolute atomic E-state index is 4.96. The molecule has 1 fully saturated rings. The molecule has 1 aromatic rings. The second kappa shape index (κ2) is 5.96. The van der Waals surface area contributed by atoms with Gasteiger partial charge in [-0.3, -0.25) is 0 Å². The Morgan fingerprint density at radius 1 is 1.50 bits per heavy atom. The molecule has 1 aliphatic carbocycles. The van der Waals surface area contributed by atoms with Crippen LogP contribution in [0.3, 0.4) is 0 Å². The molecule has 0 bridgehead atoms. The van der Waals surface area contributed by atoms with Crippen LogP contribution < -0.4 is 5.32 Å². The number of aromatic nitrogens is 3. The van der Waals surface area contributed by atoms with Gasteiger partial charge in [-0.1, -0.05) is 12.8 Å². The lowest BCUT2D eigenvalue weighted by Gasteiger charge is -2.07. The van der Waals surface area contributed by atoms with E-state index >= 15 is 0 Å². The van der Waals surface area contributed by atoms with Crippen LogP contribution in [0.25, 0.3) is 0 Å². The van der Waals surface area contributed by atoms with Crippen LogP contribution in [-0.4, -0.2) is 35.0 Å². The molecule has 0 aromatic carbocycles. The average Bonchev–Trinajstić information content (AvgIpc) is 2.94. The van der Waals surface area contributed by atoms with Crippen molar-refractivity contribution < 1.29 is 4.74 Å². The Labute approximate surface area is 96.2 Å². The minimum absolute atomic E-state index is 0.584. The predicted molar refractivity (Wildman–Crippen MR) is 61.1 cm³/mol. The van der Waals surface area contributed by atoms with Crippen LogP contribution in [-0.2, 0) is 11.3 Å². The van der Waals surface area contributed by atoms with Crippen molar-refractivity contribution in [1.29, 1.82) is 0 Å². The highest BCUT2D eigenvalue weighted by atomic mass is 16.5. The van der Waals surface area contributed by atoms with Gasteiger partial charge in [-0.05, 0) is 12.8 Å². The maximum atomic E-state index is 4.96. The molecule has 0 unspecified atom stereocenters. The zero-order valence-electron chi connectivity index (χ0n) is 9.85. The van der Waals surface area contributed by atoms with Gasteiger partial charge in [-0.2, -0.15) is 5.10 Å². The van der Waals surface area contributed by atoms with Crippen LogP contribution in [0.5, 0.6) is 0 Å². The minimum atomic E-state index is 0.584. The summed E-state index contributed by atoms with van der Waals surface area (Å²) in [7, 11) is 1.70. The molecule has 0 atom stereocenters. The van der Waals surface area contributed by atoms with E-state index in [1.54, 1.807) is 7.11 Å². The molecule has 16 heavy (non-hydrogen) atoms. The van der Waals surface area contributed by atoms with E-state index in [1.807, 2.05) is 11.0 Å². The van der Waals surface area contributed by atoms with Crippen LogP contribution in [0.2, 0.25) is 0 Å². The number of hydrogen-bond acceptors (Lipinski definition) is 4. The summed E-state index contributed by atoms with van der Waals surface area (Å²) in [5.74, 6) is 0.878. The van der Waals surface area contributed by atoms with Gasteiger partial charge in [0.25, 0.3) is 0 Å². The Hall–Kier alpha value is -0.940. The molecular weight excluding hydrogens is 204 g/mol. The van der Waals surface area contributed by atoms with E-state index in [-0.39, 0.29) is 0 Å². The van der Waals surface area contributed by atoms with Crippen LogP contribution in [0, 0.1) is 0 Å². The van der Waals surface area contributed by atoms with E-state index in [0.717, 1.165) is 25.5 Å². The molecule has 1 aromatic heterocycles. The lowest BCUT2D eigenvalue weighted by atomic mass is 10.3. The minimum Gasteiger partial charge on any atom is -0.383 e. The Morgan fingerprint density at radius 2 is 2.31 bits per heavy atom. The summed E-state index contributed by atoms with van der Waals surface area (Å²) in [6, 6.07) is 0.584. The third kappa shape index (κ3) is 3.02. The SMILES string of the molecule is COCCNCc1ncn(C2CCCC2)n1. The summed E-state index contributed by atoms with van der Waals surface area (Å²) in [6.07, 6.45) is 7.01. The Morgan fingerprint density at radius 3 is 3.06 bits per heavy atom. The molecule has 2 rings (SSSR count). The maximum Gasteiger partial charge on any atom is 0.164 e. The molecular formula is C11H20N4O. The third-order valence-corrected chi connectivity index (χ3v) is 3.02. The van der Waals surface area contributed by atoms with Crippen LogP contribution in [0.15, 0.2) is 6.33 Å². The molecule has 1 saturated carbocycles. The van der Waals surface area contributed by atoms with E-state index in [4.69, 9.17) is 4.74 Å². The molecule has 5 heteroatoms. The molecule has 90 valence electrons. The lowest BCUT2D eigenvalue weighted by Crippen LogP contribution is -2.19. The fraction of sp³-hybridized carbons (Fsp3) is 0.818. The van der Waals surface area contributed by atoms with E-state index < -0.39 is 0 Å². The van der Waals surface area contributed by atoms with Crippen molar-refractivity contribution in [2.24, 2.45) is 0 Å². The molecule has 0 spiro atoms. The van der Waals surface area contributed by atoms with Gasteiger partial charge >= 0.3 is 0 Å². The van der Waals surface area contributed by atoms with E-state index in [1.165, 1.54) is 25.7 Å². The third-order valence-electron chi connectivity index (χ3n) is 3.02.